The van der Waals surface area contributed by atoms with Crippen molar-refractivity contribution in [3.8, 4) is 0 Å². The summed E-state index contributed by atoms with van der Waals surface area (Å²) >= 11 is 0. The van der Waals surface area contributed by atoms with E-state index in [1.165, 1.54) is 22.3 Å². The average Bonchev–Trinajstić information content (AvgIpc) is 3.19. The van der Waals surface area contributed by atoms with Crippen LogP contribution in [-0.2, 0) is 29.7 Å². The Bertz CT molecular complexity index is 885. The molecule has 5 nitrogen and oxygen atoms in total. The van der Waals surface area contributed by atoms with Gasteiger partial charge in [0.1, 0.15) is 0 Å². The second kappa shape index (κ2) is 10.5. The minimum atomic E-state index is -0.00144. The quantitative estimate of drug-likeness (QED) is 0.501. The molecule has 1 amide bonds. The van der Waals surface area contributed by atoms with Crippen molar-refractivity contribution < 1.29 is 4.79 Å². The highest BCUT2D eigenvalue weighted by Gasteiger charge is 2.21. The summed E-state index contributed by atoms with van der Waals surface area (Å²) in [5, 5.41) is 6.87. The summed E-state index contributed by atoms with van der Waals surface area (Å²) in [6, 6.07) is 17.4. The first kappa shape index (κ1) is 22.9. The highest BCUT2D eigenvalue weighted by atomic mass is 16.2. The third-order valence-corrected chi connectivity index (χ3v) is 6.09. The van der Waals surface area contributed by atoms with Crippen molar-refractivity contribution in [2.24, 2.45) is 4.99 Å². The van der Waals surface area contributed by atoms with Crippen LogP contribution >= 0.6 is 0 Å². The van der Waals surface area contributed by atoms with E-state index >= 15 is 0 Å². The molecule has 0 spiro atoms. The summed E-state index contributed by atoms with van der Waals surface area (Å²) < 4.78 is 0. The molecule has 2 aromatic carbocycles. The van der Waals surface area contributed by atoms with Crippen LogP contribution in [0, 0.1) is 0 Å². The molecule has 2 aromatic rings. The van der Waals surface area contributed by atoms with Crippen LogP contribution in [0.15, 0.2) is 53.5 Å². The maximum Gasteiger partial charge on any atom is 0.222 e. The monoisotopic (exact) mass is 420 g/mol. The first-order valence-corrected chi connectivity index (χ1v) is 11.3. The summed E-state index contributed by atoms with van der Waals surface area (Å²) in [6.07, 6.45) is 2.73. The molecular formula is C26H36N4O. The van der Waals surface area contributed by atoms with Gasteiger partial charge in [-0.05, 0) is 35.1 Å². The van der Waals surface area contributed by atoms with Gasteiger partial charge in [-0.15, -0.1) is 0 Å². The van der Waals surface area contributed by atoms with Crippen molar-refractivity contribution in [1.29, 1.82) is 0 Å². The van der Waals surface area contributed by atoms with E-state index in [2.05, 4.69) is 84.9 Å². The Hall–Kier alpha value is -2.82. The van der Waals surface area contributed by atoms with Crippen LogP contribution in [0.3, 0.4) is 0 Å². The van der Waals surface area contributed by atoms with Gasteiger partial charge in [0.2, 0.25) is 5.91 Å². The molecule has 0 radical (unpaired) electrons. The Morgan fingerprint density at radius 2 is 1.65 bits per heavy atom. The zero-order valence-electron chi connectivity index (χ0n) is 19.4. The Morgan fingerprint density at radius 3 is 2.23 bits per heavy atom. The number of likely N-dealkylation sites (tertiary alicyclic amines) is 1. The normalized spacial score (nSPS) is 14.8. The van der Waals surface area contributed by atoms with E-state index < -0.39 is 0 Å². The number of carbonyl (C=O) groups is 1. The number of benzene rings is 2. The maximum atomic E-state index is 11.8. The van der Waals surface area contributed by atoms with E-state index in [9.17, 15) is 4.79 Å². The van der Waals surface area contributed by atoms with Gasteiger partial charge >= 0.3 is 0 Å². The van der Waals surface area contributed by atoms with Crippen molar-refractivity contribution in [2.75, 3.05) is 20.1 Å². The highest BCUT2D eigenvalue weighted by molar-refractivity contribution is 5.79. The second-order valence-corrected chi connectivity index (χ2v) is 8.95. The molecular weight excluding hydrogens is 384 g/mol. The summed E-state index contributed by atoms with van der Waals surface area (Å²) in [4.78, 5) is 18.1. The molecule has 5 heteroatoms. The Morgan fingerprint density at radius 1 is 1.00 bits per heavy atom. The van der Waals surface area contributed by atoms with Crippen molar-refractivity contribution in [1.82, 2.24) is 15.5 Å². The van der Waals surface area contributed by atoms with Gasteiger partial charge in [-0.3, -0.25) is 9.79 Å². The van der Waals surface area contributed by atoms with Gasteiger partial charge in [-0.25, -0.2) is 0 Å². The maximum absolute atomic E-state index is 11.8. The topological polar surface area (TPSA) is 56.7 Å². The molecule has 1 aliphatic heterocycles. The van der Waals surface area contributed by atoms with Crippen LogP contribution in [0.4, 0.5) is 0 Å². The lowest BCUT2D eigenvalue weighted by molar-refractivity contribution is -0.128. The molecule has 1 saturated heterocycles. The molecule has 166 valence electrons. The number of nitrogens with zero attached hydrogens (tertiary/aromatic N) is 2. The molecule has 0 aromatic heterocycles. The van der Waals surface area contributed by atoms with Crippen LogP contribution in [0.5, 0.6) is 0 Å². The van der Waals surface area contributed by atoms with Crippen molar-refractivity contribution >= 4 is 11.9 Å². The number of amides is 1. The zero-order valence-corrected chi connectivity index (χ0v) is 19.4. The number of rotatable bonds is 8. The first-order chi connectivity index (χ1) is 14.9. The molecule has 0 aliphatic carbocycles. The van der Waals surface area contributed by atoms with Gasteiger partial charge in [0, 0.05) is 45.1 Å². The summed E-state index contributed by atoms with van der Waals surface area (Å²) in [7, 11) is 1.80. The van der Waals surface area contributed by atoms with Crippen molar-refractivity contribution in [2.45, 2.75) is 58.5 Å². The minimum Gasteiger partial charge on any atom is -0.356 e. The fraction of sp³-hybridized carbons (Fsp3) is 0.462. The van der Waals surface area contributed by atoms with Gasteiger partial charge in [0.15, 0.2) is 5.96 Å². The molecule has 1 heterocycles. The fourth-order valence-corrected chi connectivity index (χ4v) is 3.86. The van der Waals surface area contributed by atoms with Gasteiger partial charge < -0.3 is 15.5 Å². The molecule has 31 heavy (non-hydrogen) atoms. The van der Waals surface area contributed by atoms with Crippen LogP contribution in [-0.4, -0.2) is 36.9 Å². The number of guanidine groups is 1. The SMILES string of the molecule is CCc1ccc(C(C)(C)CNC(=NC)NCc2ccc(CN3CCCC3=O)cc2)cc1. The van der Waals surface area contributed by atoms with Gasteiger partial charge in [-0.2, -0.15) is 0 Å². The predicted octanol–water partition coefficient (Wildman–Crippen LogP) is 4.01. The van der Waals surface area contributed by atoms with E-state index in [-0.39, 0.29) is 11.3 Å². The van der Waals surface area contributed by atoms with E-state index in [1.54, 1.807) is 7.05 Å². The molecule has 0 bridgehead atoms. The molecule has 0 unspecified atom stereocenters. The van der Waals surface area contributed by atoms with Crippen molar-refractivity contribution in [3.05, 3.63) is 70.8 Å². The Kier molecular flexibility index (Phi) is 7.72. The molecule has 1 aliphatic rings. The summed E-state index contributed by atoms with van der Waals surface area (Å²) in [6.45, 7) is 9.76. The average molecular weight is 421 g/mol. The third-order valence-electron chi connectivity index (χ3n) is 6.09. The predicted molar refractivity (Wildman–Crippen MR) is 128 cm³/mol. The summed E-state index contributed by atoms with van der Waals surface area (Å²) in [5.41, 5.74) is 5.05. The number of aryl methyl sites for hydroxylation is 1. The molecule has 2 N–H and O–H groups in total. The number of aliphatic imine (C=N–C) groups is 1. The number of carbonyl (C=O) groups excluding carboxylic acids is 1. The number of nitrogens with one attached hydrogen (secondary N) is 2. The van der Waals surface area contributed by atoms with Gasteiger partial charge in [0.05, 0.1) is 0 Å². The Balaban J connectivity index is 1.49. The standard InChI is InChI=1S/C26H36N4O/c1-5-20-12-14-23(15-13-20)26(2,3)19-29-25(27-4)28-17-21-8-10-22(11-9-21)18-30-16-6-7-24(30)31/h8-15H,5-7,16-19H2,1-4H3,(H2,27,28,29). The van der Waals surface area contributed by atoms with E-state index in [0.29, 0.717) is 19.5 Å². The lowest BCUT2D eigenvalue weighted by Crippen LogP contribution is -2.43. The minimum absolute atomic E-state index is 0.00144. The van der Waals surface area contributed by atoms with E-state index in [1.807, 2.05) is 4.90 Å². The first-order valence-electron chi connectivity index (χ1n) is 11.3. The molecule has 3 rings (SSSR count). The molecule has 0 atom stereocenters. The molecule has 1 fully saturated rings. The smallest absolute Gasteiger partial charge is 0.222 e. The third kappa shape index (κ3) is 6.33. The van der Waals surface area contributed by atoms with Crippen LogP contribution in [0.25, 0.3) is 0 Å². The van der Waals surface area contributed by atoms with Crippen molar-refractivity contribution in [3.63, 3.8) is 0 Å². The Labute approximate surface area is 187 Å². The summed E-state index contributed by atoms with van der Waals surface area (Å²) in [5.74, 6) is 1.06. The lowest BCUT2D eigenvalue weighted by Gasteiger charge is -2.27. The number of hydrogen-bond donors (Lipinski definition) is 2. The zero-order chi connectivity index (χ0) is 22.3. The van der Waals surface area contributed by atoms with E-state index in [0.717, 1.165) is 31.9 Å². The van der Waals surface area contributed by atoms with E-state index in [4.69, 9.17) is 0 Å². The highest BCUT2D eigenvalue weighted by Crippen LogP contribution is 2.23. The lowest BCUT2D eigenvalue weighted by atomic mass is 9.84. The molecule has 0 saturated carbocycles. The van der Waals surface area contributed by atoms with Gasteiger partial charge in [-0.1, -0.05) is 69.3 Å². The van der Waals surface area contributed by atoms with Gasteiger partial charge in [0.25, 0.3) is 0 Å². The van der Waals surface area contributed by atoms with Crippen LogP contribution in [0.1, 0.15) is 55.9 Å². The fourth-order valence-electron chi connectivity index (χ4n) is 3.86. The van der Waals surface area contributed by atoms with Crippen LogP contribution in [0.2, 0.25) is 0 Å². The second-order valence-electron chi connectivity index (χ2n) is 8.95. The van der Waals surface area contributed by atoms with Crippen LogP contribution < -0.4 is 10.6 Å². The number of hydrogen-bond acceptors (Lipinski definition) is 2. The largest absolute Gasteiger partial charge is 0.356 e.